The Hall–Kier alpha value is -6.19. The molecule has 1 unspecified atom stereocenters. The number of fused-ring (bicyclic) bond motifs is 4. The molecule has 73 heavy (non-hydrogen) atoms. The predicted molar refractivity (Wildman–Crippen MR) is 271 cm³/mol. The Morgan fingerprint density at radius 3 is 2.33 bits per heavy atom. The van der Waals surface area contributed by atoms with Crippen LogP contribution in [0.3, 0.4) is 0 Å². The number of anilines is 2. The number of piperidine rings is 1. The third-order valence-corrected chi connectivity index (χ3v) is 13.8. The third kappa shape index (κ3) is 12.8. The molecule has 4 aromatic heterocycles. The molecule has 6 heterocycles. The average Bonchev–Trinajstić information content (AvgIpc) is 3.89. The lowest BCUT2D eigenvalue weighted by Gasteiger charge is -2.34. The zero-order chi connectivity index (χ0) is 51.3. The number of rotatable bonds is 18. The van der Waals surface area contributed by atoms with Crippen molar-refractivity contribution in [1.82, 2.24) is 39.2 Å². The summed E-state index contributed by atoms with van der Waals surface area (Å²) in [6.07, 6.45) is 2.88. The molecule has 17 nitrogen and oxygen atoms in total. The number of halogens is 3. The largest absolute Gasteiger partial charge is 0.443 e. The summed E-state index contributed by atoms with van der Waals surface area (Å²) in [5.74, 6) is -0.495. The fraction of sp³-hybridized carbons (Fsp3) is 0.509. The van der Waals surface area contributed by atoms with Crippen LogP contribution >= 0.6 is 0 Å². The van der Waals surface area contributed by atoms with Gasteiger partial charge in [-0.2, -0.15) is 18.2 Å². The Morgan fingerprint density at radius 2 is 1.60 bits per heavy atom. The van der Waals surface area contributed by atoms with Crippen molar-refractivity contribution in [2.75, 3.05) is 82.5 Å². The fourth-order valence-corrected chi connectivity index (χ4v) is 10.1. The monoisotopic (exact) mass is 1010 g/mol. The number of amides is 3. The van der Waals surface area contributed by atoms with Crippen LogP contribution < -0.4 is 15.5 Å². The normalized spacial score (nSPS) is 19.5. The van der Waals surface area contributed by atoms with Gasteiger partial charge in [0, 0.05) is 104 Å². The Morgan fingerprint density at radius 1 is 0.863 bits per heavy atom. The van der Waals surface area contributed by atoms with E-state index < -0.39 is 30.3 Å². The molecule has 3 N–H and O–H groups in total. The highest BCUT2D eigenvalue weighted by molar-refractivity contribution is 6.10. The molecule has 6 aromatic rings. The zero-order valence-corrected chi connectivity index (χ0v) is 41.7. The van der Waals surface area contributed by atoms with Gasteiger partial charge in [-0.3, -0.25) is 29.6 Å². The molecule has 390 valence electrons. The van der Waals surface area contributed by atoms with Crippen LogP contribution in [0, 0.1) is 0 Å². The van der Waals surface area contributed by atoms with Gasteiger partial charge >= 0.3 is 12.3 Å². The number of nitrogens with one attached hydrogen (secondary N) is 2. The Bertz CT molecular complexity index is 2890. The Labute approximate surface area is 422 Å². The predicted octanol–water partition coefficient (Wildman–Crippen LogP) is 8.01. The third-order valence-electron chi connectivity index (χ3n) is 13.8. The van der Waals surface area contributed by atoms with Crippen LogP contribution in [0.2, 0.25) is 0 Å². The van der Waals surface area contributed by atoms with Crippen molar-refractivity contribution in [3.8, 4) is 11.1 Å². The highest BCUT2D eigenvalue weighted by atomic mass is 19.4. The number of benzene rings is 2. The molecule has 2 aliphatic heterocycles. The van der Waals surface area contributed by atoms with Crippen molar-refractivity contribution < 1.29 is 46.9 Å². The molecule has 0 radical (unpaired) electrons. The minimum Gasteiger partial charge on any atom is -0.443 e. The SMILES string of the molecule is CC(C)(C)OC(=O)N(CCOCCOCCN1CCN(Cc2ccc(-c3cn(C4CCC(O)CC4)c4nc(NCCC(F)(F)F)ncc34)cc2)CC1)c1ccc2c(c1)c1cccnc1n2C1CCC(=O)NC1=O. The number of aliphatic hydroxyl groups excluding tert-OH is 1. The second-order valence-corrected chi connectivity index (χ2v) is 20.2. The van der Waals surface area contributed by atoms with Gasteiger partial charge in [-0.1, -0.05) is 24.3 Å². The number of hydrogen-bond acceptors (Lipinski definition) is 13. The summed E-state index contributed by atoms with van der Waals surface area (Å²) >= 11 is 0. The van der Waals surface area contributed by atoms with Crippen LogP contribution in [-0.4, -0.2) is 147 Å². The van der Waals surface area contributed by atoms with E-state index in [0.717, 1.165) is 84.9 Å². The van der Waals surface area contributed by atoms with E-state index in [1.165, 1.54) is 5.56 Å². The van der Waals surface area contributed by atoms with Gasteiger partial charge in [-0.15, -0.1) is 0 Å². The number of imide groups is 1. The van der Waals surface area contributed by atoms with Crippen molar-refractivity contribution >= 4 is 62.5 Å². The average molecular weight is 1010 g/mol. The number of carbonyl (C=O) groups is 3. The standard InChI is InChI=1S/C53H65F3N10O7/c1-52(2,3)73-51(70)64(38-12-15-44-41(31-38)40-5-4-19-57-47(40)66(44)45-16-17-46(68)60-49(45)69)26-28-72-30-29-71-27-25-62-21-23-63(24-22-62)33-35-6-8-36(9-7-35)43-34-65(37-10-13-39(67)14-11-37)48-42(43)32-59-50(61-48)58-20-18-53(54,55)56/h4-9,12,15,19,31-32,34,37,39,45,67H,10-11,13-14,16-18,20-30,33H2,1-3H3,(H,58,59,61)(H,60,68,69). The maximum atomic E-state index is 13.6. The van der Waals surface area contributed by atoms with Gasteiger partial charge in [-0.05, 0) is 94.3 Å². The summed E-state index contributed by atoms with van der Waals surface area (Å²) in [7, 11) is 0. The van der Waals surface area contributed by atoms with Gasteiger partial charge in [0.1, 0.15) is 22.9 Å². The van der Waals surface area contributed by atoms with Crippen LogP contribution in [0.1, 0.15) is 83.4 Å². The topological polar surface area (TPSA) is 181 Å². The number of carbonyl (C=O) groups excluding carboxylic acids is 3. The number of piperazine rings is 1. The van der Waals surface area contributed by atoms with E-state index in [4.69, 9.17) is 14.2 Å². The van der Waals surface area contributed by atoms with Crippen molar-refractivity contribution in [2.24, 2.45) is 0 Å². The van der Waals surface area contributed by atoms with Crippen molar-refractivity contribution in [2.45, 2.75) is 102 Å². The van der Waals surface area contributed by atoms with E-state index in [2.05, 4.69) is 70.4 Å². The molecular weight excluding hydrogens is 946 g/mol. The molecule has 0 bridgehead atoms. The molecule has 0 spiro atoms. The van der Waals surface area contributed by atoms with E-state index in [0.29, 0.717) is 56.1 Å². The molecule has 2 saturated heterocycles. The maximum Gasteiger partial charge on any atom is 0.414 e. The van der Waals surface area contributed by atoms with Crippen molar-refractivity contribution in [3.63, 3.8) is 0 Å². The van der Waals surface area contributed by atoms with Crippen molar-refractivity contribution in [1.29, 1.82) is 0 Å². The summed E-state index contributed by atoms with van der Waals surface area (Å²) in [4.78, 5) is 58.6. The molecule has 9 rings (SSSR count). The van der Waals surface area contributed by atoms with Crippen LogP contribution in [0.15, 0.2) is 73.2 Å². The highest BCUT2D eigenvalue weighted by Gasteiger charge is 2.32. The van der Waals surface area contributed by atoms with Crippen molar-refractivity contribution in [3.05, 3.63) is 78.8 Å². The quantitative estimate of drug-likeness (QED) is 0.0557. The molecular formula is C53H65F3N10O7. The number of ether oxygens (including phenoxy) is 3. The summed E-state index contributed by atoms with van der Waals surface area (Å²) < 4.78 is 60.2. The van der Waals surface area contributed by atoms with E-state index in [1.54, 1.807) is 17.3 Å². The van der Waals surface area contributed by atoms with Crippen LogP contribution in [0.5, 0.6) is 0 Å². The van der Waals surface area contributed by atoms with Gasteiger partial charge in [0.05, 0.1) is 51.0 Å². The molecule has 20 heteroatoms. The summed E-state index contributed by atoms with van der Waals surface area (Å²) in [6.45, 7) is 12.3. The summed E-state index contributed by atoms with van der Waals surface area (Å²) in [6, 6.07) is 17.4. The molecule has 1 aliphatic carbocycles. The number of aliphatic hydroxyl groups is 1. The van der Waals surface area contributed by atoms with Crippen LogP contribution in [-0.2, 0) is 30.3 Å². The Kier molecular flexibility index (Phi) is 15.9. The Balaban J connectivity index is 0.731. The minimum absolute atomic E-state index is 0.116. The first-order valence-electron chi connectivity index (χ1n) is 25.4. The van der Waals surface area contributed by atoms with E-state index in [1.807, 2.05) is 55.7 Å². The number of alkyl halides is 3. The van der Waals surface area contributed by atoms with Gasteiger partial charge in [0.2, 0.25) is 17.8 Å². The number of aromatic nitrogens is 5. The van der Waals surface area contributed by atoms with E-state index >= 15 is 0 Å². The smallest absolute Gasteiger partial charge is 0.414 e. The first kappa shape index (κ1) is 51.7. The first-order valence-corrected chi connectivity index (χ1v) is 25.4. The summed E-state index contributed by atoms with van der Waals surface area (Å²) in [5, 5.41) is 17.8. The van der Waals surface area contributed by atoms with Gasteiger partial charge in [0.25, 0.3) is 0 Å². The van der Waals surface area contributed by atoms with Gasteiger partial charge in [0.15, 0.2) is 0 Å². The minimum atomic E-state index is -4.28. The zero-order valence-electron chi connectivity index (χ0n) is 41.7. The molecule has 1 atom stereocenters. The molecule has 3 aliphatic rings. The number of nitrogens with zero attached hydrogens (tertiary/aromatic N) is 8. The lowest BCUT2D eigenvalue weighted by molar-refractivity contribution is -0.135. The van der Waals surface area contributed by atoms with E-state index in [-0.39, 0.29) is 56.0 Å². The molecule has 3 fully saturated rings. The maximum absolute atomic E-state index is 13.6. The second kappa shape index (κ2) is 22.5. The lowest BCUT2D eigenvalue weighted by Crippen LogP contribution is -2.46. The lowest BCUT2D eigenvalue weighted by atomic mass is 9.93. The van der Waals surface area contributed by atoms with E-state index in [9.17, 15) is 32.7 Å². The summed E-state index contributed by atoms with van der Waals surface area (Å²) in [5.41, 5.74) is 5.10. The van der Waals surface area contributed by atoms with Crippen LogP contribution in [0.4, 0.5) is 29.6 Å². The molecule has 3 amide bonds. The van der Waals surface area contributed by atoms with Crippen LogP contribution in [0.25, 0.3) is 44.1 Å². The van der Waals surface area contributed by atoms with Gasteiger partial charge in [-0.25, -0.2) is 14.8 Å². The fourth-order valence-electron chi connectivity index (χ4n) is 10.1. The molecule has 1 saturated carbocycles. The second-order valence-electron chi connectivity index (χ2n) is 20.2. The number of pyridine rings is 1. The van der Waals surface area contributed by atoms with Gasteiger partial charge < -0.3 is 33.8 Å². The first-order chi connectivity index (χ1) is 35.1. The number of hydrogen-bond donors (Lipinski definition) is 3. The highest BCUT2D eigenvalue weighted by Crippen LogP contribution is 2.38. The molecule has 2 aromatic carbocycles.